The van der Waals surface area contributed by atoms with Gasteiger partial charge in [-0.2, -0.15) is 0 Å². The second kappa shape index (κ2) is 6.64. The molecule has 2 nitrogen and oxygen atoms in total. The number of hydrogen-bond donors (Lipinski definition) is 2. The Labute approximate surface area is 131 Å². The fourth-order valence-corrected chi connectivity index (χ4v) is 2.55. The molecule has 0 heterocycles. The molecule has 2 aromatic rings. The molecule has 0 aromatic heterocycles. The van der Waals surface area contributed by atoms with Gasteiger partial charge < -0.3 is 11.1 Å². The average Bonchev–Trinajstić information content (AvgIpc) is 2.38. The van der Waals surface area contributed by atoms with Crippen molar-refractivity contribution in [3.63, 3.8) is 0 Å². The molecule has 6 heteroatoms. The summed E-state index contributed by atoms with van der Waals surface area (Å²) in [7, 11) is 0. The molecule has 0 aliphatic rings. The third-order valence-corrected chi connectivity index (χ3v) is 3.85. The van der Waals surface area contributed by atoms with E-state index in [1.54, 1.807) is 18.2 Å². The van der Waals surface area contributed by atoms with E-state index in [4.69, 9.17) is 40.5 Å². The van der Waals surface area contributed by atoms with E-state index in [0.29, 0.717) is 20.8 Å². The van der Waals surface area contributed by atoms with Crippen molar-refractivity contribution in [3.05, 3.63) is 62.8 Å². The zero-order chi connectivity index (χ0) is 14.7. The third-order valence-electron chi connectivity index (χ3n) is 2.80. The highest BCUT2D eigenvalue weighted by Gasteiger charge is 2.15. The Morgan fingerprint density at radius 3 is 2.55 bits per heavy atom. The van der Waals surface area contributed by atoms with Gasteiger partial charge in [-0.15, -0.1) is 0 Å². The summed E-state index contributed by atoms with van der Waals surface area (Å²) < 4.78 is 13.3. The minimum absolute atomic E-state index is 0.272. The van der Waals surface area contributed by atoms with Gasteiger partial charge in [-0.25, -0.2) is 4.39 Å². The average molecular weight is 334 g/mol. The van der Waals surface area contributed by atoms with Crippen LogP contribution in [0.3, 0.4) is 0 Å². The molecular formula is C14H12Cl3FN2. The zero-order valence-corrected chi connectivity index (χ0v) is 12.6. The van der Waals surface area contributed by atoms with Gasteiger partial charge >= 0.3 is 0 Å². The molecule has 0 saturated heterocycles. The Bertz CT molecular complexity index is 599. The molecule has 0 aliphatic carbocycles. The Hall–Kier alpha value is -1.000. The standard InChI is InChI=1S/C14H12Cl3FN2/c15-8-4-9(18)6-10(5-8)20-13(7-19)11-2-1-3-12(16)14(11)17/h1-6,13,20H,7,19H2. The van der Waals surface area contributed by atoms with Crippen LogP contribution in [0.1, 0.15) is 11.6 Å². The Kier molecular flexibility index (Phi) is 5.11. The zero-order valence-electron chi connectivity index (χ0n) is 10.3. The number of benzene rings is 2. The molecule has 2 rings (SSSR count). The van der Waals surface area contributed by atoms with E-state index in [2.05, 4.69) is 5.32 Å². The smallest absolute Gasteiger partial charge is 0.126 e. The second-order valence-corrected chi connectivity index (χ2v) is 5.46. The summed E-state index contributed by atoms with van der Waals surface area (Å²) in [5, 5.41) is 4.28. The summed E-state index contributed by atoms with van der Waals surface area (Å²) in [6, 6.07) is 9.19. The molecule has 0 amide bonds. The van der Waals surface area contributed by atoms with E-state index in [-0.39, 0.29) is 12.6 Å². The lowest BCUT2D eigenvalue weighted by molar-refractivity contribution is 0.627. The van der Waals surface area contributed by atoms with E-state index in [0.717, 1.165) is 5.56 Å². The van der Waals surface area contributed by atoms with Crippen molar-refractivity contribution in [1.82, 2.24) is 0 Å². The highest BCUT2D eigenvalue weighted by Crippen LogP contribution is 2.31. The first kappa shape index (κ1) is 15.4. The van der Waals surface area contributed by atoms with Crippen molar-refractivity contribution < 1.29 is 4.39 Å². The maximum atomic E-state index is 13.3. The molecule has 0 bridgehead atoms. The van der Waals surface area contributed by atoms with Gasteiger partial charge in [0, 0.05) is 17.3 Å². The summed E-state index contributed by atoms with van der Waals surface area (Å²) in [6.07, 6.45) is 0. The third kappa shape index (κ3) is 3.55. The van der Waals surface area contributed by atoms with Gasteiger partial charge in [0.25, 0.3) is 0 Å². The summed E-state index contributed by atoms with van der Waals surface area (Å²) in [5.74, 6) is -0.423. The number of halogens is 4. The first-order chi connectivity index (χ1) is 9.51. The fourth-order valence-electron chi connectivity index (χ4n) is 1.89. The van der Waals surface area contributed by atoms with E-state index < -0.39 is 5.82 Å². The van der Waals surface area contributed by atoms with Crippen LogP contribution in [-0.4, -0.2) is 6.54 Å². The summed E-state index contributed by atoms with van der Waals surface area (Å²) in [5.41, 5.74) is 7.04. The molecule has 20 heavy (non-hydrogen) atoms. The number of hydrogen-bond acceptors (Lipinski definition) is 2. The number of nitrogens with one attached hydrogen (secondary N) is 1. The largest absolute Gasteiger partial charge is 0.377 e. The molecule has 3 N–H and O–H groups in total. The summed E-state index contributed by atoms with van der Waals surface area (Å²) >= 11 is 18.0. The topological polar surface area (TPSA) is 38.0 Å². The van der Waals surface area contributed by atoms with E-state index in [9.17, 15) is 4.39 Å². The molecule has 106 valence electrons. The minimum Gasteiger partial charge on any atom is -0.377 e. The quantitative estimate of drug-likeness (QED) is 0.835. The highest BCUT2D eigenvalue weighted by atomic mass is 35.5. The van der Waals surface area contributed by atoms with Crippen LogP contribution in [0.15, 0.2) is 36.4 Å². The lowest BCUT2D eigenvalue weighted by Gasteiger charge is -2.20. The first-order valence-corrected chi connectivity index (χ1v) is 7.01. The highest BCUT2D eigenvalue weighted by molar-refractivity contribution is 6.42. The van der Waals surface area contributed by atoms with Crippen molar-refractivity contribution in [2.24, 2.45) is 5.73 Å². The molecule has 1 atom stereocenters. The maximum Gasteiger partial charge on any atom is 0.126 e. The normalized spacial score (nSPS) is 12.2. The van der Waals surface area contributed by atoms with Crippen LogP contribution in [0.2, 0.25) is 15.1 Å². The Morgan fingerprint density at radius 1 is 1.15 bits per heavy atom. The monoisotopic (exact) mass is 332 g/mol. The summed E-state index contributed by atoms with van der Waals surface area (Å²) in [6.45, 7) is 0.272. The molecule has 0 spiro atoms. The van der Waals surface area contributed by atoms with Crippen molar-refractivity contribution in [1.29, 1.82) is 0 Å². The van der Waals surface area contributed by atoms with Crippen LogP contribution in [-0.2, 0) is 0 Å². The molecular weight excluding hydrogens is 322 g/mol. The first-order valence-electron chi connectivity index (χ1n) is 5.88. The molecule has 0 radical (unpaired) electrons. The van der Waals surface area contributed by atoms with Gasteiger partial charge in [0.15, 0.2) is 0 Å². The second-order valence-electron chi connectivity index (χ2n) is 4.23. The molecule has 1 unspecified atom stereocenters. The number of rotatable bonds is 4. The molecule has 2 aromatic carbocycles. The van der Waals surface area contributed by atoms with Crippen LogP contribution in [0.25, 0.3) is 0 Å². The van der Waals surface area contributed by atoms with Crippen molar-refractivity contribution in [2.75, 3.05) is 11.9 Å². The SMILES string of the molecule is NCC(Nc1cc(F)cc(Cl)c1)c1cccc(Cl)c1Cl. The van der Waals surface area contributed by atoms with Gasteiger partial charge in [0.2, 0.25) is 0 Å². The van der Waals surface area contributed by atoms with Crippen molar-refractivity contribution >= 4 is 40.5 Å². The molecule has 0 aliphatic heterocycles. The lowest BCUT2D eigenvalue weighted by Crippen LogP contribution is -2.21. The van der Waals surface area contributed by atoms with E-state index >= 15 is 0 Å². The Balaban J connectivity index is 2.31. The van der Waals surface area contributed by atoms with Gasteiger partial charge in [0.1, 0.15) is 5.82 Å². The van der Waals surface area contributed by atoms with Crippen LogP contribution >= 0.6 is 34.8 Å². The maximum absolute atomic E-state index is 13.3. The van der Waals surface area contributed by atoms with E-state index in [1.165, 1.54) is 12.1 Å². The molecule has 0 saturated carbocycles. The van der Waals surface area contributed by atoms with Crippen molar-refractivity contribution in [3.8, 4) is 0 Å². The number of nitrogens with two attached hydrogens (primary N) is 1. The predicted molar refractivity (Wildman–Crippen MR) is 83.3 cm³/mol. The predicted octanol–water partition coefficient (Wildman–Crippen LogP) is 4.90. The minimum atomic E-state index is -0.423. The Morgan fingerprint density at radius 2 is 1.90 bits per heavy atom. The van der Waals surface area contributed by atoms with Crippen molar-refractivity contribution in [2.45, 2.75) is 6.04 Å². The van der Waals surface area contributed by atoms with Crippen LogP contribution in [0.5, 0.6) is 0 Å². The van der Waals surface area contributed by atoms with Gasteiger partial charge in [-0.1, -0.05) is 46.9 Å². The number of anilines is 1. The van der Waals surface area contributed by atoms with E-state index in [1.807, 2.05) is 6.07 Å². The van der Waals surface area contributed by atoms with Crippen LogP contribution < -0.4 is 11.1 Å². The van der Waals surface area contributed by atoms with Gasteiger partial charge in [-0.3, -0.25) is 0 Å². The summed E-state index contributed by atoms with van der Waals surface area (Å²) in [4.78, 5) is 0. The van der Waals surface area contributed by atoms with Crippen LogP contribution in [0, 0.1) is 5.82 Å². The van der Waals surface area contributed by atoms with Gasteiger partial charge in [0.05, 0.1) is 16.1 Å². The molecule has 0 fully saturated rings. The van der Waals surface area contributed by atoms with Crippen LogP contribution in [0.4, 0.5) is 10.1 Å². The fraction of sp³-hybridized carbons (Fsp3) is 0.143. The lowest BCUT2D eigenvalue weighted by atomic mass is 10.1. The van der Waals surface area contributed by atoms with Gasteiger partial charge in [-0.05, 0) is 29.8 Å².